The van der Waals surface area contributed by atoms with E-state index in [4.69, 9.17) is 0 Å². The number of aryl methyl sites for hydroxylation is 1. The highest BCUT2D eigenvalue weighted by Gasteiger charge is 2.10. The number of fused-ring (bicyclic) bond motifs is 1. The van der Waals surface area contributed by atoms with Gasteiger partial charge >= 0.3 is 0 Å². The summed E-state index contributed by atoms with van der Waals surface area (Å²) in [5, 5.41) is 18.2. The average Bonchev–Trinajstić information content (AvgIpc) is 2.87. The lowest BCUT2D eigenvalue weighted by Gasteiger charge is -1.98. The van der Waals surface area contributed by atoms with Gasteiger partial charge in [-0.3, -0.25) is 4.79 Å². The fraction of sp³-hybridized carbons (Fsp3) is 0.118. The van der Waals surface area contributed by atoms with Crippen LogP contribution >= 0.6 is 11.8 Å². The first-order chi connectivity index (χ1) is 11.1. The molecular weight excluding hydrogens is 310 g/mol. The maximum atomic E-state index is 11.9. The summed E-state index contributed by atoms with van der Waals surface area (Å²) in [6.45, 7) is 2.02. The van der Waals surface area contributed by atoms with Crippen LogP contribution in [0.25, 0.3) is 10.9 Å². The van der Waals surface area contributed by atoms with Crippen molar-refractivity contribution < 1.29 is 9.90 Å². The molecule has 0 radical (unpaired) electrons. The van der Waals surface area contributed by atoms with Crippen molar-refractivity contribution in [2.75, 3.05) is 5.75 Å². The van der Waals surface area contributed by atoms with Gasteiger partial charge in [0.05, 0.1) is 11.3 Å². The number of H-pyrrole nitrogens is 1. The Kier molecular flexibility index (Phi) is 4.43. The van der Waals surface area contributed by atoms with Crippen molar-refractivity contribution in [2.24, 2.45) is 10.2 Å². The van der Waals surface area contributed by atoms with Crippen molar-refractivity contribution >= 4 is 34.3 Å². The number of carbonyl (C=O) groups excluding carboxylic acids is 1. The van der Waals surface area contributed by atoms with E-state index < -0.39 is 0 Å². The monoisotopic (exact) mass is 325 g/mol. The molecular formula is C17H15N3O2S. The van der Waals surface area contributed by atoms with Crippen LogP contribution in [-0.4, -0.2) is 21.8 Å². The Morgan fingerprint density at radius 3 is 2.70 bits per heavy atom. The molecule has 1 aromatic heterocycles. The van der Waals surface area contributed by atoms with Gasteiger partial charge < -0.3 is 10.1 Å². The SMILES string of the molecule is Cc1ccc(SCC(=O)N=Nc2c(O)[nH]c3ccccc23)cc1. The Morgan fingerprint density at radius 2 is 1.91 bits per heavy atom. The summed E-state index contributed by atoms with van der Waals surface area (Å²) < 4.78 is 0. The minimum atomic E-state index is -0.347. The number of azo groups is 1. The molecule has 0 atom stereocenters. The number of benzene rings is 2. The molecule has 0 spiro atoms. The number of para-hydroxylation sites is 1. The number of aromatic amines is 1. The highest BCUT2D eigenvalue weighted by atomic mass is 32.2. The van der Waals surface area contributed by atoms with Crippen molar-refractivity contribution in [1.29, 1.82) is 0 Å². The van der Waals surface area contributed by atoms with Gasteiger partial charge in [0.15, 0.2) is 5.69 Å². The van der Waals surface area contributed by atoms with Gasteiger partial charge in [-0.1, -0.05) is 35.9 Å². The summed E-state index contributed by atoms with van der Waals surface area (Å²) >= 11 is 1.41. The molecule has 3 rings (SSSR count). The van der Waals surface area contributed by atoms with Gasteiger partial charge in [0.25, 0.3) is 5.91 Å². The Hall–Kier alpha value is -2.60. The summed E-state index contributed by atoms with van der Waals surface area (Å²) in [4.78, 5) is 15.7. The molecule has 0 saturated carbocycles. The van der Waals surface area contributed by atoms with Crippen molar-refractivity contribution in [3.63, 3.8) is 0 Å². The number of thioether (sulfide) groups is 1. The van der Waals surface area contributed by atoms with Crippen LogP contribution in [0.2, 0.25) is 0 Å². The number of carbonyl (C=O) groups is 1. The Bertz CT molecular complexity index is 869. The first-order valence-corrected chi connectivity index (χ1v) is 8.06. The lowest BCUT2D eigenvalue weighted by atomic mass is 10.2. The van der Waals surface area contributed by atoms with Gasteiger partial charge in [-0.05, 0) is 25.1 Å². The summed E-state index contributed by atoms with van der Waals surface area (Å²) in [7, 11) is 0. The number of hydrogen-bond acceptors (Lipinski definition) is 4. The van der Waals surface area contributed by atoms with Crippen LogP contribution in [-0.2, 0) is 4.79 Å². The topological polar surface area (TPSA) is 77.8 Å². The number of hydrogen-bond donors (Lipinski definition) is 2. The quantitative estimate of drug-likeness (QED) is 0.544. The molecule has 3 aromatic rings. The third-order valence-corrected chi connectivity index (χ3v) is 4.30. The Labute approximate surface area is 137 Å². The van der Waals surface area contributed by atoms with Crippen molar-refractivity contribution in [2.45, 2.75) is 11.8 Å². The molecule has 0 unspecified atom stereocenters. The summed E-state index contributed by atoms with van der Waals surface area (Å²) in [6.07, 6.45) is 0. The molecule has 116 valence electrons. The third-order valence-electron chi connectivity index (χ3n) is 3.30. The molecule has 1 heterocycles. The third kappa shape index (κ3) is 3.60. The van der Waals surface area contributed by atoms with Crippen LogP contribution in [0.5, 0.6) is 5.88 Å². The number of aromatic hydroxyl groups is 1. The van der Waals surface area contributed by atoms with Gasteiger partial charge in [0.1, 0.15) is 0 Å². The highest BCUT2D eigenvalue weighted by molar-refractivity contribution is 8.00. The van der Waals surface area contributed by atoms with E-state index >= 15 is 0 Å². The predicted molar refractivity (Wildman–Crippen MR) is 91.4 cm³/mol. The van der Waals surface area contributed by atoms with E-state index in [0.29, 0.717) is 0 Å². The number of rotatable bonds is 4. The van der Waals surface area contributed by atoms with E-state index in [9.17, 15) is 9.90 Å². The molecule has 0 fully saturated rings. The molecule has 23 heavy (non-hydrogen) atoms. The first kappa shape index (κ1) is 15.3. The van der Waals surface area contributed by atoms with Gasteiger partial charge in [-0.25, -0.2) is 0 Å². The zero-order chi connectivity index (χ0) is 16.2. The lowest BCUT2D eigenvalue weighted by molar-refractivity contribution is -0.115. The van der Waals surface area contributed by atoms with E-state index in [1.165, 1.54) is 17.3 Å². The van der Waals surface area contributed by atoms with E-state index in [2.05, 4.69) is 15.2 Å². The number of amides is 1. The fourth-order valence-corrected chi connectivity index (χ4v) is 2.80. The molecule has 0 aliphatic carbocycles. The van der Waals surface area contributed by atoms with E-state index in [-0.39, 0.29) is 23.2 Å². The minimum Gasteiger partial charge on any atom is -0.493 e. The molecule has 0 bridgehead atoms. The predicted octanol–water partition coefficient (Wildman–Crippen LogP) is 4.58. The molecule has 0 saturated heterocycles. The standard InChI is InChI=1S/C17H15N3O2S/c1-11-6-8-12(9-7-11)23-10-15(21)19-20-16-13-4-2-3-5-14(13)18-17(16)22/h2-9,18,22H,10H2,1H3. The van der Waals surface area contributed by atoms with E-state index in [0.717, 1.165) is 15.8 Å². The molecule has 2 aromatic carbocycles. The fourth-order valence-electron chi connectivity index (χ4n) is 2.13. The normalized spacial score (nSPS) is 11.3. The van der Waals surface area contributed by atoms with Crippen LogP contribution in [0.15, 0.2) is 63.7 Å². The first-order valence-electron chi connectivity index (χ1n) is 7.07. The highest BCUT2D eigenvalue weighted by Crippen LogP contribution is 2.35. The summed E-state index contributed by atoms with van der Waals surface area (Å²) in [5.41, 5.74) is 2.21. The number of nitrogens with one attached hydrogen (secondary N) is 1. The second kappa shape index (κ2) is 6.66. The summed E-state index contributed by atoms with van der Waals surface area (Å²) in [5.74, 6) is -0.232. The second-order valence-electron chi connectivity index (χ2n) is 5.06. The van der Waals surface area contributed by atoms with E-state index in [1.807, 2.05) is 55.5 Å². The minimum absolute atomic E-state index is 0.0889. The van der Waals surface area contributed by atoms with E-state index in [1.54, 1.807) is 0 Å². The van der Waals surface area contributed by atoms with Crippen LogP contribution in [0, 0.1) is 6.92 Å². The summed E-state index contributed by atoms with van der Waals surface area (Å²) in [6, 6.07) is 15.3. The average molecular weight is 325 g/mol. The van der Waals surface area contributed by atoms with Crippen molar-refractivity contribution in [1.82, 2.24) is 4.98 Å². The van der Waals surface area contributed by atoms with Crippen molar-refractivity contribution in [3.8, 4) is 5.88 Å². The van der Waals surface area contributed by atoms with Gasteiger partial charge in [-0.15, -0.1) is 22.0 Å². The van der Waals surface area contributed by atoms with Gasteiger partial charge in [0, 0.05) is 10.3 Å². The molecule has 0 aliphatic rings. The molecule has 2 N–H and O–H groups in total. The van der Waals surface area contributed by atoms with Crippen LogP contribution in [0.3, 0.4) is 0 Å². The molecule has 1 amide bonds. The maximum Gasteiger partial charge on any atom is 0.274 e. The zero-order valence-corrected chi connectivity index (χ0v) is 13.3. The Balaban J connectivity index is 1.68. The molecule has 0 aliphatic heterocycles. The lowest BCUT2D eigenvalue weighted by Crippen LogP contribution is -1.95. The van der Waals surface area contributed by atoms with Gasteiger partial charge in [0.2, 0.25) is 5.88 Å². The smallest absolute Gasteiger partial charge is 0.274 e. The van der Waals surface area contributed by atoms with Crippen LogP contribution < -0.4 is 0 Å². The number of aromatic nitrogens is 1. The van der Waals surface area contributed by atoms with Crippen molar-refractivity contribution in [3.05, 3.63) is 54.1 Å². The maximum absolute atomic E-state index is 11.9. The molecule has 6 heteroatoms. The zero-order valence-electron chi connectivity index (χ0n) is 12.5. The number of nitrogens with zero attached hydrogens (tertiary/aromatic N) is 2. The van der Waals surface area contributed by atoms with Gasteiger partial charge in [-0.2, -0.15) is 0 Å². The Morgan fingerprint density at radius 1 is 1.17 bits per heavy atom. The molecule has 5 nitrogen and oxygen atoms in total. The second-order valence-corrected chi connectivity index (χ2v) is 6.11. The van der Waals surface area contributed by atoms with Crippen LogP contribution in [0.4, 0.5) is 5.69 Å². The largest absolute Gasteiger partial charge is 0.493 e. The van der Waals surface area contributed by atoms with Crippen LogP contribution in [0.1, 0.15) is 5.56 Å².